The van der Waals surface area contributed by atoms with E-state index >= 15 is 0 Å². The Morgan fingerprint density at radius 3 is 2.87 bits per heavy atom. The van der Waals surface area contributed by atoms with E-state index in [4.69, 9.17) is 27.9 Å². The van der Waals surface area contributed by atoms with Gasteiger partial charge >= 0.3 is 0 Å². The Bertz CT molecular complexity index is 321. The summed E-state index contributed by atoms with van der Waals surface area (Å²) in [6, 6.07) is 0. The van der Waals surface area contributed by atoms with Gasteiger partial charge in [-0.2, -0.15) is 0 Å². The van der Waals surface area contributed by atoms with Gasteiger partial charge in [0.25, 0.3) is 5.91 Å². The standard InChI is InChI=1S/C8H11Cl2N3O2/c1-15-4-2-3-11-8(14)7-12-5(9)6(10)13-7/h2-4H2,1H3,(H,11,14)(H,12,13). The zero-order chi connectivity index (χ0) is 11.3. The fourth-order valence-electron chi connectivity index (χ4n) is 0.940. The summed E-state index contributed by atoms with van der Waals surface area (Å²) in [5.41, 5.74) is 0. The summed E-state index contributed by atoms with van der Waals surface area (Å²) in [5.74, 6) is -0.220. The zero-order valence-corrected chi connectivity index (χ0v) is 9.65. The van der Waals surface area contributed by atoms with Crippen LogP contribution in [0.4, 0.5) is 0 Å². The van der Waals surface area contributed by atoms with Gasteiger partial charge in [0.15, 0.2) is 11.0 Å². The van der Waals surface area contributed by atoms with Crippen LogP contribution in [0.5, 0.6) is 0 Å². The van der Waals surface area contributed by atoms with Crippen LogP contribution in [-0.4, -0.2) is 36.1 Å². The number of aromatic amines is 1. The van der Waals surface area contributed by atoms with Crippen molar-refractivity contribution in [2.45, 2.75) is 6.42 Å². The molecule has 0 aliphatic carbocycles. The Balaban J connectivity index is 2.40. The van der Waals surface area contributed by atoms with Crippen LogP contribution in [0, 0.1) is 0 Å². The van der Waals surface area contributed by atoms with Crippen LogP contribution in [0.2, 0.25) is 10.3 Å². The monoisotopic (exact) mass is 251 g/mol. The number of aromatic nitrogens is 2. The molecule has 0 aliphatic heterocycles. The normalized spacial score (nSPS) is 10.3. The lowest BCUT2D eigenvalue weighted by Crippen LogP contribution is -2.26. The number of hydrogen-bond acceptors (Lipinski definition) is 3. The van der Waals surface area contributed by atoms with Crippen molar-refractivity contribution in [3.05, 3.63) is 16.1 Å². The van der Waals surface area contributed by atoms with E-state index < -0.39 is 0 Å². The lowest BCUT2D eigenvalue weighted by atomic mass is 10.4. The quantitative estimate of drug-likeness (QED) is 0.780. The first-order chi connectivity index (χ1) is 7.15. The van der Waals surface area contributed by atoms with E-state index in [2.05, 4.69) is 15.3 Å². The molecule has 5 nitrogen and oxygen atoms in total. The first-order valence-electron chi connectivity index (χ1n) is 4.33. The van der Waals surface area contributed by atoms with Gasteiger partial charge in [0, 0.05) is 20.3 Å². The number of carbonyl (C=O) groups is 1. The highest BCUT2D eigenvalue weighted by molar-refractivity contribution is 6.40. The third-order valence-electron chi connectivity index (χ3n) is 1.65. The Morgan fingerprint density at radius 2 is 2.33 bits per heavy atom. The van der Waals surface area contributed by atoms with Gasteiger partial charge < -0.3 is 15.0 Å². The van der Waals surface area contributed by atoms with Crippen molar-refractivity contribution in [3.8, 4) is 0 Å². The third kappa shape index (κ3) is 3.70. The molecule has 0 spiro atoms. The summed E-state index contributed by atoms with van der Waals surface area (Å²) >= 11 is 11.2. The second-order valence-corrected chi connectivity index (χ2v) is 3.53. The van der Waals surface area contributed by atoms with E-state index in [9.17, 15) is 4.79 Å². The first-order valence-corrected chi connectivity index (χ1v) is 5.09. The third-order valence-corrected chi connectivity index (χ3v) is 2.29. The van der Waals surface area contributed by atoms with Crippen molar-refractivity contribution >= 4 is 29.1 Å². The van der Waals surface area contributed by atoms with Crippen LogP contribution in [0.1, 0.15) is 17.0 Å². The van der Waals surface area contributed by atoms with Crippen LogP contribution < -0.4 is 5.32 Å². The van der Waals surface area contributed by atoms with Gasteiger partial charge in [-0.15, -0.1) is 0 Å². The largest absolute Gasteiger partial charge is 0.385 e. The van der Waals surface area contributed by atoms with E-state index in [0.717, 1.165) is 6.42 Å². The summed E-state index contributed by atoms with van der Waals surface area (Å²) in [4.78, 5) is 17.7. The van der Waals surface area contributed by atoms with Gasteiger partial charge in [-0.25, -0.2) is 4.98 Å². The maximum atomic E-state index is 11.4. The number of methoxy groups -OCH3 is 1. The maximum absolute atomic E-state index is 11.4. The van der Waals surface area contributed by atoms with Crippen molar-refractivity contribution in [2.24, 2.45) is 0 Å². The van der Waals surface area contributed by atoms with Gasteiger partial charge in [0.1, 0.15) is 5.15 Å². The molecule has 0 bridgehead atoms. The number of carbonyl (C=O) groups excluding carboxylic acids is 1. The summed E-state index contributed by atoms with van der Waals surface area (Å²) in [6.45, 7) is 1.11. The molecule has 84 valence electrons. The molecule has 1 amide bonds. The molecule has 2 N–H and O–H groups in total. The fraction of sp³-hybridized carbons (Fsp3) is 0.500. The van der Waals surface area contributed by atoms with Gasteiger partial charge in [-0.1, -0.05) is 23.2 Å². The molecule has 1 aromatic heterocycles. The van der Waals surface area contributed by atoms with Crippen LogP contribution in [0.3, 0.4) is 0 Å². The van der Waals surface area contributed by atoms with E-state index in [1.54, 1.807) is 7.11 Å². The molecule has 15 heavy (non-hydrogen) atoms. The lowest BCUT2D eigenvalue weighted by molar-refractivity contribution is 0.0939. The average molecular weight is 252 g/mol. The highest BCUT2D eigenvalue weighted by atomic mass is 35.5. The number of H-pyrrole nitrogens is 1. The number of halogens is 2. The highest BCUT2D eigenvalue weighted by Gasteiger charge is 2.12. The fourth-order valence-corrected chi connectivity index (χ4v) is 1.20. The second-order valence-electron chi connectivity index (χ2n) is 2.79. The van der Waals surface area contributed by atoms with Crippen LogP contribution in [0.15, 0.2) is 0 Å². The van der Waals surface area contributed by atoms with Crippen LogP contribution >= 0.6 is 23.2 Å². The van der Waals surface area contributed by atoms with Crippen molar-refractivity contribution in [3.63, 3.8) is 0 Å². The van der Waals surface area contributed by atoms with Gasteiger partial charge in [0.05, 0.1) is 0 Å². The summed E-state index contributed by atoms with van der Waals surface area (Å²) < 4.78 is 4.84. The van der Waals surface area contributed by atoms with Gasteiger partial charge in [-0.3, -0.25) is 4.79 Å². The Kier molecular flexibility index (Phi) is 4.87. The van der Waals surface area contributed by atoms with Gasteiger partial charge in [0.2, 0.25) is 0 Å². The molecule has 0 radical (unpaired) electrons. The number of ether oxygens (including phenoxy) is 1. The molecule has 1 heterocycles. The number of imidazole rings is 1. The molecule has 7 heteroatoms. The number of amides is 1. The highest BCUT2D eigenvalue weighted by Crippen LogP contribution is 2.17. The Labute approximate surface area is 97.1 Å². The SMILES string of the molecule is COCCCNC(=O)c1nc(Cl)c(Cl)[nH]1. The molecule has 0 aliphatic rings. The predicted molar refractivity (Wildman–Crippen MR) is 57.4 cm³/mol. The van der Waals surface area contributed by atoms with E-state index in [1.807, 2.05) is 0 Å². The molecule has 0 aromatic carbocycles. The maximum Gasteiger partial charge on any atom is 0.287 e. The number of rotatable bonds is 5. The van der Waals surface area contributed by atoms with Crippen molar-refractivity contribution in [2.75, 3.05) is 20.3 Å². The van der Waals surface area contributed by atoms with Crippen molar-refractivity contribution in [1.29, 1.82) is 0 Å². The minimum Gasteiger partial charge on any atom is -0.385 e. The Hall–Kier alpha value is -0.780. The summed E-state index contributed by atoms with van der Waals surface area (Å²) in [6.07, 6.45) is 0.740. The smallest absolute Gasteiger partial charge is 0.287 e. The Morgan fingerprint density at radius 1 is 1.60 bits per heavy atom. The molecule has 0 unspecified atom stereocenters. The number of nitrogens with zero attached hydrogens (tertiary/aromatic N) is 1. The molecule has 0 saturated heterocycles. The molecule has 1 rings (SSSR count). The summed E-state index contributed by atoms with van der Waals surface area (Å²) in [5, 5.41) is 2.91. The second kappa shape index (κ2) is 5.95. The molecular weight excluding hydrogens is 241 g/mol. The molecule has 0 saturated carbocycles. The topological polar surface area (TPSA) is 67.0 Å². The number of hydrogen-bond donors (Lipinski definition) is 2. The van der Waals surface area contributed by atoms with Crippen LogP contribution in [0.25, 0.3) is 0 Å². The minimum absolute atomic E-state index is 0.0960. The average Bonchev–Trinajstić information content (AvgIpc) is 2.54. The predicted octanol–water partition coefficient (Wildman–Crippen LogP) is 1.48. The zero-order valence-electron chi connectivity index (χ0n) is 8.14. The van der Waals surface area contributed by atoms with E-state index in [1.165, 1.54) is 0 Å². The van der Waals surface area contributed by atoms with Crippen molar-refractivity contribution in [1.82, 2.24) is 15.3 Å². The minimum atomic E-state index is -0.333. The van der Waals surface area contributed by atoms with E-state index in [-0.39, 0.29) is 22.0 Å². The lowest BCUT2D eigenvalue weighted by Gasteiger charge is -2.01. The van der Waals surface area contributed by atoms with Crippen LogP contribution in [-0.2, 0) is 4.74 Å². The van der Waals surface area contributed by atoms with Gasteiger partial charge in [-0.05, 0) is 6.42 Å². The summed E-state index contributed by atoms with van der Waals surface area (Å²) in [7, 11) is 1.61. The number of nitrogens with one attached hydrogen (secondary N) is 2. The molecular formula is C8H11Cl2N3O2. The van der Waals surface area contributed by atoms with Crippen molar-refractivity contribution < 1.29 is 9.53 Å². The molecule has 0 atom stereocenters. The molecule has 1 aromatic rings. The first kappa shape index (κ1) is 12.3. The van der Waals surface area contributed by atoms with E-state index in [0.29, 0.717) is 13.2 Å². The molecule has 0 fully saturated rings.